The van der Waals surface area contributed by atoms with Crippen LogP contribution in [0.3, 0.4) is 0 Å². The van der Waals surface area contributed by atoms with Gasteiger partial charge in [0.25, 0.3) is 0 Å². The number of nitrogens with zero attached hydrogens (tertiary/aromatic N) is 1. The molecule has 3 heteroatoms. The van der Waals surface area contributed by atoms with Crippen LogP contribution in [-0.2, 0) is 6.42 Å². The summed E-state index contributed by atoms with van der Waals surface area (Å²) >= 11 is 0. The van der Waals surface area contributed by atoms with Crippen molar-refractivity contribution in [3.63, 3.8) is 0 Å². The van der Waals surface area contributed by atoms with Gasteiger partial charge in [0.15, 0.2) is 0 Å². The van der Waals surface area contributed by atoms with Crippen molar-refractivity contribution in [3.8, 4) is 11.1 Å². The van der Waals surface area contributed by atoms with Gasteiger partial charge < -0.3 is 10.2 Å². The lowest BCUT2D eigenvalue weighted by molar-refractivity contribution is 0.154. The minimum Gasteiger partial charge on any atom is -0.395 e. The lowest BCUT2D eigenvalue weighted by atomic mass is 10.0. The number of hydrogen-bond acceptors (Lipinski definition) is 3. The van der Waals surface area contributed by atoms with Gasteiger partial charge in [0.1, 0.15) is 0 Å². The van der Waals surface area contributed by atoms with E-state index in [0.29, 0.717) is 13.0 Å². The summed E-state index contributed by atoms with van der Waals surface area (Å²) < 4.78 is 0. The van der Waals surface area contributed by atoms with Crippen molar-refractivity contribution in [2.24, 2.45) is 0 Å². The van der Waals surface area contributed by atoms with Gasteiger partial charge in [-0.1, -0.05) is 54.6 Å². The second-order valence-corrected chi connectivity index (χ2v) is 6.39. The first kappa shape index (κ1) is 16.2. The third-order valence-electron chi connectivity index (χ3n) is 4.69. The third kappa shape index (κ3) is 4.20. The van der Waals surface area contributed by atoms with Crippen molar-refractivity contribution in [2.45, 2.75) is 31.4 Å². The predicted octanol–water partition coefficient (Wildman–Crippen LogP) is 2.71. The molecule has 3 nitrogen and oxygen atoms in total. The Labute approximate surface area is 138 Å². The SMILES string of the molecule is OCC1CC(O)CN1CCCc1ccc(-c2ccccc2)cc1. The van der Waals surface area contributed by atoms with Crippen molar-refractivity contribution in [2.75, 3.05) is 19.7 Å². The molecule has 0 bridgehead atoms. The quantitative estimate of drug-likeness (QED) is 0.862. The fourth-order valence-electron chi connectivity index (χ4n) is 3.40. The molecule has 1 aliphatic rings. The molecule has 3 rings (SSSR count). The van der Waals surface area contributed by atoms with E-state index in [2.05, 4.69) is 53.4 Å². The topological polar surface area (TPSA) is 43.7 Å². The Kier molecular flexibility index (Phi) is 5.44. The number of β-amino-alcohol motifs (C(OH)–C–C–N with tert-alkyl or cyclic N) is 1. The summed E-state index contributed by atoms with van der Waals surface area (Å²) in [4.78, 5) is 2.21. The fourth-order valence-corrected chi connectivity index (χ4v) is 3.40. The molecule has 2 aromatic carbocycles. The maximum absolute atomic E-state index is 9.70. The first-order valence-corrected chi connectivity index (χ1v) is 8.43. The van der Waals surface area contributed by atoms with Crippen LogP contribution in [0.15, 0.2) is 54.6 Å². The molecular weight excluding hydrogens is 286 g/mol. The second-order valence-electron chi connectivity index (χ2n) is 6.39. The zero-order chi connectivity index (χ0) is 16.1. The van der Waals surface area contributed by atoms with Gasteiger partial charge in [0.2, 0.25) is 0 Å². The van der Waals surface area contributed by atoms with Gasteiger partial charge in [0.05, 0.1) is 12.7 Å². The van der Waals surface area contributed by atoms with Gasteiger partial charge in [-0.3, -0.25) is 4.90 Å². The van der Waals surface area contributed by atoms with Crippen molar-refractivity contribution in [3.05, 3.63) is 60.2 Å². The van der Waals surface area contributed by atoms with Crippen molar-refractivity contribution in [1.29, 1.82) is 0 Å². The van der Waals surface area contributed by atoms with E-state index >= 15 is 0 Å². The lowest BCUT2D eigenvalue weighted by Gasteiger charge is -2.22. The number of aliphatic hydroxyl groups excluding tert-OH is 2. The maximum atomic E-state index is 9.70. The van der Waals surface area contributed by atoms with Crippen LogP contribution >= 0.6 is 0 Å². The normalized spacial score (nSPS) is 21.7. The van der Waals surface area contributed by atoms with E-state index in [0.717, 1.165) is 19.4 Å². The summed E-state index contributed by atoms with van der Waals surface area (Å²) in [7, 11) is 0. The van der Waals surface area contributed by atoms with Crippen LogP contribution in [0.2, 0.25) is 0 Å². The highest BCUT2D eigenvalue weighted by molar-refractivity contribution is 5.63. The van der Waals surface area contributed by atoms with Crippen molar-refractivity contribution >= 4 is 0 Å². The van der Waals surface area contributed by atoms with Crippen molar-refractivity contribution < 1.29 is 10.2 Å². The predicted molar refractivity (Wildman–Crippen MR) is 93.3 cm³/mol. The van der Waals surface area contributed by atoms with E-state index in [1.165, 1.54) is 16.7 Å². The van der Waals surface area contributed by atoms with E-state index < -0.39 is 0 Å². The van der Waals surface area contributed by atoms with Crippen LogP contribution < -0.4 is 0 Å². The Balaban J connectivity index is 1.51. The standard InChI is InChI=1S/C20H25NO2/c22-15-19-13-20(23)14-21(19)12-4-5-16-8-10-18(11-9-16)17-6-2-1-3-7-17/h1-3,6-11,19-20,22-23H,4-5,12-15H2. The zero-order valence-electron chi connectivity index (χ0n) is 13.4. The number of hydrogen-bond donors (Lipinski definition) is 2. The molecule has 0 amide bonds. The molecule has 0 saturated carbocycles. The van der Waals surface area contributed by atoms with Gasteiger partial charge in [-0.15, -0.1) is 0 Å². The molecule has 2 atom stereocenters. The van der Waals surface area contributed by atoms with Gasteiger partial charge in [-0.25, -0.2) is 0 Å². The van der Waals surface area contributed by atoms with Gasteiger partial charge in [-0.05, 0) is 42.5 Å². The molecule has 0 aromatic heterocycles. The molecule has 1 fully saturated rings. The number of aryl methyl sites for hydroxylation is 1. The minimum atomic E-state index is -0.280. The largest absolute Gasteiger partial charge is 0.395 e. The molecule has 23 heavy (non-hydrogen) atoms. The number of likely N-dealkylation sites (tertiary alicyclic amines) is 1. The maximum Gasteiger partial charge on any atom is 0.0683 e. The molecule has 0 radical (unpaired) electrons. The van der Waals surface area contributed by atoms with E-state index in [1.807, 2.05) is 6.07 Å². The Morgan fingerprint density at radius 3 is 2.35 bits per heavy atom. The molecule has 1 heterocycles. The molecule has 1 aliphatic heterocycles. The van der Waals surface area contributed by atoms with Crippen molar-refractivity contribution in [1.82, 2.24) is 4.90 Å². The first-order chi connectivity index (χ1) is 11.3. The highest BCUT2D eigenvalue weighted by Gasteiger charge is 2.29. The Morgan fingerprint density at radius 2 is 1.65 bits per heavy atom. The zero-order valence-corrected chi connectivity index (χ0v) is 13.4. The monoisotopic (exact) mass is 311 g/mol. The highest BCUT2D eigenvalue weighted by Crippen LogP contribution is 2.21. The Bertz CT molecular complexity index is 597. The summed E-state index contributed by atoms with van der Waals surface area (Å²) in [6.07, 6.45) is 2.49. The summed E-state index contributed by atoms with van der Waals surface area (Å²) in [5, 5.41) is 19.1. The summed E-state index contributed by atoms with van der Waals surface area (Å²) in [5.74, 6) is 0. The van der Waals surface area contributed by atoms with Crippen LogP contribution in [0.1, 0.15) is 18.4 Å². The average Bonchev–Trinajstić information content (AvgIpc) is 2.96. The van der Waals surface area contributed by atoms with E-state index in [4.69, 9.17) is 0 Å². The second kappa shape index (κ2) is 7.73. The summed E-state index contributed by atoms with van der Waals surface area (Å²) in [6.45, 7) is 1.77. The molecule has 0 aliphatic carbocycles. The summed E-state index contributed by atoms with van der Waals surface area (Å²) in [5.41, 5.74) is 3.83. The van der Waals surface area contributed by atoms with Crippen LogP contribution in [-0.4, -0.2) is 47.0 Å². The highest BCUT2D eigenvalue weighted by atomic mass is 16.3. The van der Waals surface area contributed by atoms with Gasteiger partial charge in [0, 0.05) is 12.6 Å². The van der Waals surface area contributed by atoms with E-state index in [1.54, 1.807) is 0 Å². The Morgan fingerprint density at radius 1 is 0.957 bits per heavy atom. The lowest BCUT2D eigenvalue weighted by Crippen LogP contribution is -2.33. The molecule has 2 aromatic rings. The summed E-state index contributed by atoms with van der Waals surface area (Å²) in [6, 6.07) is 19.3. The van der Waals surface area contributed by atoms with Crippen LogP contribution in [0, 0.1) is 0 Å². The molecule has 2 N–H and O–H groups in total. The third-order valence-corrected chi connectivity index (χ3v) is 4.69. The average molecular weight is 311 g/mol. The van der Waals surface area contributed by atoms with E-state index in [-0.39, 0.29) is 18.8 Å². The fraction of sp³-hybridized carbons (Fsp3) is 0.400. The van der Waals surface area contributed by atoms with Gasteiger partial charge >= 0.3 is 0 Å². The minimum absolute atomic E-state index is 0.130. The van der Waals surface area contributed by atoms with Crippen LogP contribution in [0.25, 0.3) is 11.1 Å². The number of benzene rings is 2. The number of rotatable bonds is 6. The van der Waals surface area contributed by atoms with E-state index in [9.17, 15) is 10.2 Å². The molecule has 2 unspecified atom stereocenters. The molecular formula is C20H25NO2. The van der Waals surface area contributed by atoms with Crippen LogP contribution in [0.4, 0.5) is 0 Å². The molecule has 1 saturated heterocycles. The smallest absolute Gasteiger partial charge is 0.0683 e. The Hall–Kier alpha value is -1.68. The molecule has 122 valence electrons. The number of aliphatic hydroxyl groups is 2. The van der Waals surface area contributed by atoms with Gasteiger partial charge in [-0.2, -0.15) is 0 Å². The molecule has 0 spiro atoms. The first-order valence-electron chi connectivity index (χ1n) is 8.43. The van der Waals surface area contributed by atoms with Crippen LogP contribution in [0.5, 0.6) is 0 Å².